The van der Waals surface area contributed by atoms with Crippen LogP contribution in [0.2, 0.25) is 5.02 Å². The fourth-order valence-electron chi connectivity index (χ4n) is 1.19. The topological polar surface area (TPSA) is 28.7 Å². The van der Waals surface area contributed by atoms with Gasteiger partial charge in [-0.3, -0.25) is 0 Å². The average molecular weight is 192 g/mol. The summed E-state index contributed by atoms with van der Waals surface area (Å²) in [5.41, 5.74) is 1.15. The third-order valence-corrected chi connectivity index (χ3v) is 2.00. The highest BCUT2D eigenvalue weighted by atomic mass is 35.5. The largest absolute Gasteiger partial charge is 0.348 e. The van der Waals surface area contributed by atoms with E-state index in [0.29, 0.717) is 0 Å². The molecule has 0 aliphatic rings. The number of hydrogen-bond donors (Lipinski definition) is 1. The number of halogens is 1. The summed E-state index contributed by atoms with van der Waals surface area (Å²) in [6, 6.07) is 7.75. The molecule has 2 aromatic rings. The molecule has 0 spiro atoms. The normalized spacial score (nSPS) is 10.2. The van der Waals surface area contributed by atoms with Crippen LogP contribution in [0.4, 0.5) is 0 Å². The molecule has 0 aliphatic heterocycles. The lowest BCUT2D eigenvalue weighted by atomic mass is 10.1. The Kier molecular flexibility index (Phi) is 2.32. The number of nitrogens with zero attached hydrogens (tertiary/aromatic N) is 1. The SMILES string of the molecule is Clc1cccc(Cc2n[c]c[nH]2)c1. The predicted molar refractivity (Wildman–Crippen MR) is 51.7 cm³/mol. The van der Waals surface area contributed by atoms with Gasteiger partial charge >= 0.3 is 0 Å². The van der Waals surface area contributed by atoms with E-state index in [2.05, 4.69) is 16.2 Å². The van der Waals surface area contributed by atoms with Crippen molar-refractivity contribution in [3.05, 3.63) is 53.1 Å². The number of imidazole rings is 1. The van der Waals surface area contributed by atoms with Gasteiger partial charge in [0.25, 0.3) is 0 Å². The number of aromatic amines is 1. The molecule has 0 aliphatic carbocycles. The van der Waals surface area contributed by atoms with Gasteiger partial charge in [-0.05, 0) is 17.7 Å². The van der Waals surface area contributed by atoms with Gasteiger partial charge in [0, 0.05) is 17.6 Å². The van der Waals surface area contributed by atoms with Crippen LogP contribution in [0, 0.1) is 6.20 Å². The number of aromatic nitrogens is 2. The van der Waals surface area contributed by atoms with Crippen molar-refractivity contribution in [2.75, 3.05) is 0 Å². The molecule has 1 N–H and O–H groups in total. The van der Waals surface area contributed by atoms with E-state index >= 15 is 0 Å². The van der Waals surface area contributed by atoms with Gasteiger partial charge in [0.1, 0.15) is 12.0 Å². The minimum Gasteiger partial charge on any atom is -0.348 e. The number of H-pyrrole nitrogens is 1. The summed E-state index contributed by atoms with van der Waals surface area (Å²) in [5, 5.41) is 0.757. The van der Waals surface area contributed by atoms with Crippen molar-refractivity contribution >= 4 is 11.6 Å². The molecule has 0 unspecified atom stereocenters. The summed E-state index contributed by atoms with van der Waals surface area (Å²) in [4.78, 5) is 7.01. The monoisotopic (exact) mass is 191 g/mol. The summed E-state index contributed by atoms with van der Waals surface area (Å²) in [6.07, 6.45) is 5.19. The molecular weight excluding hydrogens is 184 g/mol. The highest BCUT2D eigenvalue weighted by molar-refractivity contribution is 6.30. The molecule has 1 aromatic heterocycles. The molecule has 0 bridgehead atoms. The molecule has 0 saturated heterocycles. The zero-order valence-electron chi connectivity index (χ0n) is 6.92. The molecule has 2 rings (SSSR count). The lowest BCUT2D eigenvalue weighted by molar-refractivity contribution is 1.02. The maximum atomic E-state index is 5.85. The first-order valence-electron chi connectivity index (χ1n) is 3.99. The van der Waals surface area contributed by atoms with E-state index in [1.807, 2.05) is 24.3 Å². The van der Waals surface area contributed by atoms with E-state index in [4.69, 9.17) is 11.6 Å². The molecule has 65 valence electrons. The second-order valence-electron chi connectivity index (χ2n) is 2.78. The zero-order valence-corrected chi connectivity index (χ0v) is 7.67. The highest BCUT2D eigenvalue weighted by Gasteiger charge is 1.98. The van der Waals surface area contributed by atoms with Gasteiger partial charge in [-0.25, -0.2) is 4.98 Å². The van der Waals surface area contributed by atoms with Crippen molar-refractivity contribution in [1.82, 2.24) is 9.97 Å². The summed E-state index contributed by atoms with van der Waals surface area (Å²) < 4.78 is 0. The maximum Gasteiger partial charge on any atom is 0.111 e. The first-order valence-corrected chi connectivity index (χ1v) is 4.37. The maximum absolute atomic E-state index is 5.85. The fraction of sp³-hybridized carbons (Fsp3) is 0.100. The van der Waals surface area contributed by atoms with E-state index < -0.39 is 0 Å². The molecular formula is C10H8ClN2. The van der Waals surface area contributed by atoms with Crippen LogP contribution in [0.3, 0.4) is 0 Å². The van der Waals surface area contributed by atoms with Crippen LogP contribution in [0.15, 0.2) is 30.5 Å². The van der Waals surface area contributed by atoms with Crippen molar-refractivity contribution < 1.29 is 0 Å². The van der Waals surface area contributed by atoms with Gasteiger partial charge in [-0.2, -0.15) is 0 Å². The van der Waals surface area contributed by atoms with Gasteiger partial charge in [-0.1, -0.05) is 23.7 Å². The second kappa shape index (κ2) is 3.62. The lowest BCUT2D eigenvalue weighted by Gasteiger charge is -1.98. The van der Waals surface area contributed by atoms with E-state index in [9.17, 15) is 0 Å². The van der Waals surface area contributed by atoms with Crippen molar-refractivity contribution in [2.24, 2.45) is 0 Å². The van der Waals surface area contributed by atoms with Crippen LogP contribution >= 0.6 is 11.6 Å². The summed E-state index contributed by atoms with van der Waals surface area (Å²) in [6.45, 7) is 0. The Balaban J connectivity index is 2.19. The highest BCUT2D eigenvalue weighted by Crippen LogP contribution is 2.12. The third kappa shape index (κ3) is 2.10. The second-order valence-corrected chi connectivity index (χ2v) is 3.22. The van der Waals surface area contributed by atoms with Crippen LogP contribution in [0.5, 0.6) is 0 Å². The van der Waals surface area contributed by atoms with E-state index in [1.165, 1.54) is 0 Å². The Hall–Kier alpha value is -1.28. The van der Waals surface area contributed by atoms with E-state index in [1.54, 1.807) is 6.20 Å². The number of hydrogen-bond acceptors (Lipinski definition) is 1. The van der Waals surface area contributed by atoms with Gasteiger partial charge < -0.3 is 4.98 Å². The van der Waals surface area contributed by atoms with Gasteiger partial charge in [0.2, 0.25) is 0 Å². The van der Waals surface area contributed by atoms with Crippen molar-refractivity contribution in [1.29, 1.82) is 0 Å². The Morgan fingerprint density at radius 2 is 2.38 bits per heavy atom. The Morgan fingerprint density at radius 1 is 1.46 bits per heavy atom. The summed E-state index contributed by atoms with van der Waals surface area (Å²) in [7, 11) is 0. The van der Waals surface area contributed by atoms with Crippen molar-refractivity contribution in [3.8, 4) is 0 Å². The molecule has 0 fully saturated rings. The minimum absolute atomic E-state index is 0.757. The van der Waals surface area contributed by atoms with Crippen LogP contribution < -0.4 is 0 Å². The Bertz CT molecular complexity index is 382. The van der Waals surface area contributed by atoms with Crippen LogP contribution in [0.1, 0.15) is 11.4 Å². The van der Waals surface area contributed by atoms with Crippen LogP contribution in [-0.4, -0.2) is 9.97 Å². The van der Waals surface area contributed by atoms with Crippen molar-refractivity contribution in [3.63, 3.8) is 0 Å². The van der Waals surface area contributed by atoms with Gasteiger partial charge in [0.05, 0.1) is 0 Å². The zero-order chi connectivity index (χ0) is 9.10. The minimum atomic E-state index is 0.757. The molecule has 1 heterocycles. The standard InChI is InChI=1S/C10H8ClN2/c11-9-3-1-2-8(6-9)7-10-12-4-5-13-10/h1-4,6H,7H2,(H,12,13). The summed E-state index contributed by atoms with van der Waals surface area (Å²) in [5.74, 6) is 0.905. The smallest absolute Gasteiger partial charge is 0.111 e. The fourth-order valence-corrected chi connectivity index (χ4v) is 1.40. The first-order chi connectivity index (χ1) is 6.34. The molecule has 1 radical (unpaired) electrons. The number of nitrogens with one attached hydrogen (secondary N) is 1. The molecule has 0 saturated carbocycles. The predicted octanol–water partition coefficient (Wildman–Crippen LogP) is 2.45. The summed E-state index contributed by atoms with van der Waals surface area (Å²) >= 11 is 5.85. The molecule has 3 heteroatoms. The van der Waals surface area contributed by atoms with E-state index in [0.717, 1.165) is 22.8 Å². The molecule has 13 heavy (non-hydrogen) atoms. The molecule has 0 amide bonds. The number of rotatable bonds is 2. The van der Waals surface area contributed by atoms with Gasteiger partial charge in [0.15, 0.2) is 0 Å². The molecule has 1 aromatic carbocycles. The van der Waals surface area contributed by atoms with Gasteiger partial charge in [-0.15, -0.1) is 0 Å². The number of benzene rings is 1. The van der Waals surface area contributed by atoms with Crippen LogP contribution in [0.25, 0.3) is 0 Å². The Morgan fingerprint density at radius 3 is 3.08 bits per heavy atom. The molecule has 0 atom stereocenters. The van der Waals surface area contributed by atoms with Crippen LogP contribution in [-0.2, 0) is 6.42 Å². The average Bonchev–Trinajstić information content (AvgIpc) is 2.57. The van der Waals surface area contributed by atoms with Crippen molar-refractivity contribution in [2.45, 2.75) is 6.42 Å². The Labute approximate surface area is 81.6 Å². The lowest BCUT2D eigenvalue weighted by Crippen LogP contribution is -1.89. The third-order valence-electron chi connectivity index (χ3n) is 1.76. The molecule has 2 nitrogen and oxygen atoms in total. The van der Waals surface area contributed by atoms with E-state index in [-0.39, 0.29) is 0 Å². The first kappa shape index (κ1) is 8.32. The quantitative estimate of drug-likeness (QED) is 0.776.